The van der Waals surface area contributed by atoms with Crippen molar-refractivity contribution in [2.45, 2.75) is 0 Å². The predicted molar refractivity (Wildman–Crippen MR) is 85.0 cm³/mol. The smallest absolute Gasteiger partial charge is 0.187 e. The van der Waals surface area contributed by atoms with Crippen LogP contribution >= 0.6 is 34.8 Å². The highest BCUT2D eigenvalue weighted by atomic mass is 35.5. The van der Waals surface area contributed by atoms with Crippen LogP contribution in [0.5, 0.6) is 0 Å². The third kappa shape index (κ3) is 4.01. The van der Waals surface area contributed by atoms with Crippen molar-refractivity contribution in [3.8, 4) is 0 Å². The summed E-state index contributed by atoms with van der Waals surface area (Å²) in [6.07, 6.45) is 2.96. The van der Waals surface area contributed by atoms with Crippen LogP contribution in [0.3, 0.4) is 0 Å². The Morgan fingerprint density at radius 1 is 0.950 bits per heavy atom. The molecular weight excluding hydrogens is 317 g/mol. The molecule has 20 heavy (non-hydrogen) atoms. The molecule has 0 aliphatic carbocycles. The van der Waals surface area contributed by atoms with E-state index in [-0.39, 0.29) is 5.78 Å². The molecule has 0 heterocycles. The molecule has 2 nitrogen and oxygen atoms in total. The number of carbonyl (C=O) groups is 1. The van der Waals surface area contributed by atoms with Crippen molar-refractivity contribution in [3.63, 3.8) is 0 Å². The van der Waals surface area contributed by atoms with E-state index in [2.05, 4.69) is 5.32 Å². The first kappa shape index (κ1) is 14.9. The molecule has 0 fully saturated rings. The molecule has 0 aliphatic heterocycles. The second kappa shape index (κ2) is 6.80. The molecule has 2 aromatic carbocycles. The number of rotatable bonds is 4. The Bertz CT molecular complexity index is 651. The summed E-state index contributed by atoms with van der Waals surface area (Å²) in [7, 11) is 0. The van der Waals surface area contributed by atoms with E-state index in [1.54, 1.807) is 42.5 Å². The molecule has 102 valence electrons. The van der Waals surface area contributed by atoms with Crippen molar-refractivity contribution in [2.24, 2.45) is 0 Å². The lowest BCUT2D eigenvalue weighted by Gasteiger charge is -2.03. The highest BCUT2D eigenvalue weighted by Gasteiger charge is 2.02. The molecule has 0 amide bonds. The summed E-state index contributed by atoms with van der Waals surface area (Å²) in [6.45, 7) is 0. The molecule has 5 heteroatoms. The summed E-state index contributed by atoms with van der Waals surface area (Å²) in [4.78, 5) is 11.9. The standard InChI is InChI=1S/C15H10Cl3NO/c16-11-3-1-10(2-4-11)15(20)7-8-19-14-6-5-12(17)9-13(14)18/h1-9,19H. The number of carbonyl (C=O) groups excluding carboxylic acids is 1. The Hall–Kier alpha value is -1.48. The minimum atomic E-state index is -0.126. The minimum Gasteiger partial charge on any atom is -0.360 e. The molecule has 1 N–H and O–H groups in total. The van der Waals surface area contributed by atoms with Crippen molar-refractivity contribution in [2.75, 3.05) is 5.32 Å². The Morgan fingerprint density at radius 2 is 1.60 bits per heavy atom. The average molecular weight is 327 g/mol. The van der Waals surface area contributed by atoms with Crippen LogP contribution in [0.25, 0.3) is 0 Å². The lowest BCUT2D eigenvalue weighted by atomic mass is 10.1. The number of ketones is 1. The maximum absolute atomic E-state index is 11.9. The number of hydrogen-bond donors (Lipinski definition) is 1. The predicted octanol–water partition coefficient (Wildman–Crippen LogP) is 5.46. The van der Waals surface area contributed by atoms with Gasteiger partial charge in [0.2, 0.25) is 0 Å². The topological polar surface area (TPSA) is 29.1 Å². The lowest BCUT2D eigenvalue weighted by Crippen LogP contribution is -1.96. The molecule has 2 aromatic rings. The van der Waals surface area contributed by atoms with E-state index in [1.165, 1.54) is 12.3 Å². The number of allylic oxidation sites excluding steroid dienone is 1. The third-order valence-electron chi connectivity index (χ3n) is 2.53. The summed E-state index contributed by atoms with van der Waals surface area (Å²) < 4.78 is 0. The number of hydrogen-bond acceptors (Lipinski definition) is 2. The van der Waals surface area contributed by atoms with Crippen LogP contribution in [0.15, 0.2) is 54.7 Å². The van der Waals surface area contributed by atoms with Gasteiger partial charge in [0, 0.05) is 27.9 Å². The number of nitrogens with one attached hydrogen (secondary N) is 1. The Morgan fingerprint density at radius 3 is 2.25 bits per heavy atom. The number of halogens is 3. The minimum absolute atomic E-state index is 0.126. The van der Waals surface area contributed by atoms with Gasteiger partial charge in [0.25, 0.3) is 0 Å². The van der Waals surface area contributed by atoms with Crippen molar-refractivity contribution >= 4 is 46.3 Å². The average Bonchev–Trinajstić information content (AvgIpc) is 2.42. The second-order valence-corrected chi connectivity index (χ2v) is 5.25. The fourth-order valence-corrected chi connectivity index (χ4v) is 2.11. The van der Waals surface area contributed by atoms with Crippen molar-refractivity contribution in [1.29, 1.82) is 0 Å². The van der Waals surface area contributed by atoms with Crippen LogP contribution in [0.4, 0.5) is 5.69 Å². The zero-order chi connectivity index (χ0) is 14.5. The maximum Gasteiger partial charge on any atom is 0.187 e. The van der Waals surface area contributed by atoms with Gasteiger partial charge in [-0.25, -0.2) is 0 Å². The fourth-order valence-electron chi connectivity index (χ4n) is 1.52. The van der Waals surface area contributed by atoms with E-state index < -0.39 is 0 Å². The summed E-state index contributed by atoms with van der Waals surface area (Å²) in [5, 5.41) is 4.57. The Labute approximate surface area is 132 Å². The van der Waals surface area contributed by atoms with Gasteiger partial charge < -0.3 is 5.32 Å². The molecule has 0 radical (unpaired) electrons. The molecule has 2 rings (SSSR count). The zero-order valence-corrected chi connectivity index (χ0v) is 12.5. The first-order valence-corrected chi connectivity index (χ1v) is 6.88. The van der Waals surface area contributed by atoms with Crippen molar-refractivity contribution in [1.82, 2.24) is 0 Å². The maximum atomic E-state index is 11.9. The summed E-state index contributed by atoms with van der Waals surface area (Å²) in [5.41, 5.74) is 1.24. The highest BCUT2D eigenvalue weighted by Crippen LogP contribution is 2.25. The van der Waals surface area contributed by atoms with Gasteiger partial charge >= 0.3 is 0 Å². The van der Waals surface area contributed by atoms with E-state index in [4.69, 9.17) is 34.8 Å². The van der Waals surface area contributed by atoms with E-state index in [1.807, 2.05) is 0 Å². The first-order valence-electron chi connectivity index (χ1n) is 5.74. The highest BCUT2D eigenvalue weighted by molar-refractivity contribution is 6.36. The zero-order valence-electron chi connectivity index (χ0n) is 10.2. The van der Waals surface area contributed by atoms with Crippen LogP contribution in [0.1, 0.15) is 10.4 Å². The number of benzene rings is 2. The number of anilines is 1. The summed E-state index contributed by atoms with van der Waals surface area (Å²) >= 11 is 17.6. The van der Waals surface area contributed by atoms with Gasteiger partial charge in [0.1, 0.15) is 0 Å². The SMILES string of the molecule is O=C(C=CNc1ccc(Cl)cc1Cl)c1ccc(Cl)cc1. The Balaban J connectivity index is 2.02. The van der Waals surface area contributed by atoms with Gasteiger partial charge in [0.15, 0.2) is 5.78 Å². The van der Waals surface area contributed by atoms with Crippen molar-refractivity contribution in [3.05, 3.63) is 75.4 Å². The lowest BCUT2D eigenvalue weighted by molar-refractivity contribution is 0.104. The van der Waals surface area contributed by atoms with Gasteiger partial charge in [-0.1, -0.05) is 34.8 Å². The van der Waals surface area contributed by atoms with Gasteiger partial charge in [-0.05, 0) is 42.5 Å². The molecule has 0 saturated heterocycles. The van der Waals surface area contributed by atoms with Gasteiger partial charge in [-0.3, -0.25) is 4.79 Å². The third-order valence-corrected chi connectivity index (χ3v) is 3.33. The fraction of sp³-hybridized carbons (Fsp3) is 0. The van der Waals surface area contributed by atoms with Gasteiger partial charge in [-0.15, -0.1) is 0 Å². The largest absolute Gasteiger partial charge is 0.360 e. The van der Waals surface area contributed by atoms with Crippen LogP contribution in [-0.2, 0) is 0 Å². The summed E-state index contributed by atoms with van der Waals surface area (Å²) in [5.74, 6) is -0.126. The monoisotopic (exact) mass is 325 g/mol. The van der Waals surface area contributed by atoms with Crippen LogP contribution in [0.2, 0.25) is 15.1 Å². The molecule has 0 saturated carbocycles. The first-order chi connectivity index (χ1) is 9.56. The molecule has 0 aliphatic rings. The molecular formula is C15H10Cl3NO. The normalized spacial score (nSPS) is 10.8. The van der Waals surface area contributed by atoms with E-state index >= 15 is 0 Å². The summed E-state index contributed by atoms with van der Waals surface area (Å²) in [6, 6.07) is 11.8. The Kier molecular flexibility index (Phi) is 5.07. The molecule has 0 unspecified atom stereocenters. The second-order valence-electron chi connectivity index (χ2n) is 3.97. The quantitative estimate of drug-likeness (QED) is 0.597. The van der Waals surface area contributed by atoms with Gasteiger partial charge in [-0.2, -0.15) is 0 Å². The van der Waals surface area contributed by atoms with E-state index in [0.717, 1.165) is 0 Å². The van der Waals surface area contributed by atoms with Crippen LogP contribution in [-0.4, -0.2) is 5.78 Å². The van der Waals surface area contributed by atoms with E-state index in [9.17, 15) is 4.79 Å². The van der Waals surface area contributed by atoms with Gasteiger partial charge in [0.05, 0.1) is 10.7 Å². The van der Waals surface area contributed by atoms with Crippen LogP contribution < -0.4 is 5.32 Å². The van der Waals surface area contributed by atoms with E-state index in [0.29, 0.717) is 26.3 Å². The molecule has 0 aromatic heterocycles. The van der Waals surface area contributed by atoms with Crippen LogP contribution in [0, 0.1) is 0 Å². The molecule has 0 bridgehead atoms. The molecule has 0 atom stereocenters. The molecule has 0 spiro atoms. The van der Waals surface area contributed by atoms with Crippen molar-refractivity contribution < 1.29 is 4.79 Å².